The first kappa shape index (κ1) is 12.8. The van der Waals surface area contributed by atoms with Crippen molar-refractivity contribution in [1.82, 2.24) is 15.0 Å². The van der Waals surface area contributed by atoms with Gasteiger partial charge in [-0.15, -0.1) is 5.10 Å². The van der Waals surface area contributed by atoms with Crippen molar-refractivity contribution in [3.05, 3.63) is 40.0 Å². The molecule has 1 aliphatic heterocycles. The minimum absolute atomic E-state index is 0.0454. The summed E-state index contributed by atoms with van der Waals surface area (Å²) >= 11 is 1.98. The normalized spacial score (nSPS) is 19.1. The molecule has 0 N–H and O–H groups in total. The largest absolute Gasteiger partial charge is 0.354 e. The van der Waals surface area contributed by atoms with Crippen LogP contribution >= 0.6 is 22.6 Å². The molecule has 3 rings (SSSR count). The van der Waals surface area contributed by atoms with Crippen molar-refractivity contribution < 1.29 is 9.13 Å². The van der Waals surface area contributed by atoms with Crippen molar-refractivity contribution in [3.8, 4) is 0 Å². The minimum atomic E-state index is -0.196. The number of hydrogen-bond acceptors (Lipinski definition) is 4. The van der Waals surface area contributed by atoms with Crippen LogP contribution in [0.1, 0.15) is 0 Å². The van der Waals surface area contributed by atoms with Gasteiger partial charge in [0.2, 0.25) is 0 Å². The van der Waals surface area contributed by atoms with Crippen LogP contribution in [-0.2, 0) is 11.3 Å². The molecular weight excluding hydrogens is 362 g/mol. The van der Waals surface area contributed by atoms with E-state index in [-0.39, 0.29) is 11.9 Å². The average Bonchev–Trinajstić information content (AvgIpc) is 3.05. The smallest absolute Gasteiger partial charge is 0.138 e. The zero-order chi connectivity index (χ0) is 13.2. The van der Waals surface area contributed by atoms with Crippen molar-refractivity contribution in [3.63, 3.8) is 0 Å². The predicted molar refractivity (Wildman–Crippen MR) is 76.2 cm³/mol. The van der Waals surface area contributed by atoms with Gasteiger partial charge in [0.05, 0.1) is 18.8 Å². The Balaban J connectivity index is 1.66. The highest BCUT2D eigenvalue weighted by atomic mass is 127. The third kappa shape index (κ3) is 2.86. The van der Waals surface area contributed by atoms with Crippen LogP contribution in [0.5, 0.6) is 0 Å². The summed E-state index contributed by atoms with van der Waals surface area (Å²) in [4.78, 5) is 2.01. The Hall–Kier alpha value is -1.22. The van der Waals surface area contributed by atoms with E-state index in [4.69, 9.17) is 4.74 Å². The van der Waals surface area contributed by atoms with Gasteiger partial charge >= 0.3 is 0 Å². The second-order valence-corrected chi connectivity index (χ2v) is 5.53. The van der Waals surface area contributed by atoms with Crippen molar-refractivity contribution in [1.29, 1.82) is 0 Å². The highest BCUT2D eigenvalue weighted by molar-refractivity contribution is 14.1. The van der Waals surface area contributed by atoms with Crippen LogP contribution in [0.15, 0.2) is 30.6 Å². The summed E-state index contributed by atoms with van der Waals surface area (Å²) in [6.45, 7) is 1.85. The first-order chi connectivity index (χ1) is 9.22. The SMILES string of the molecule is Fc1cc(N2CO[C@@H](Cn3ccnn3)C2)ccc1I. The van der Waals surface area contributed by atoms with Gasteiger partial charge in [-0.2, -0.15) is 0 Å². The fourth-order valence-corrected chi connectivity index (χ4v) is 2.39. The van der Waals surface area contributed by atoms with E-state index in [0.717, 1.165) is 12.2 Å². The van der Waals surface area contributed by atoms with Gasteiger partial charge in [0.25, 0.3) is 0 Å². The summed E-state index contributed by atoms with van der Waals surface area (Å²) in [5.41, 5.74) is 0.846. The third-order valence-electron chi connectivity index (χ3n) is 3.02. The lowest BCUT2D eigenvalue weighted by Gasteiger charge is -2.16. The van der Waals surface area contributed by atoms with Gasteiger partial charge < -0.3 is 9.64 Å². The van der Waals surface area contributed by atoms with E-state index in [9.17, 15) is 4.39 Å². The number of aromatic nitrogens is 3. The zero-order valence-corrected chi connectivity index (χ0v) is 12.2. The maximum Gasteiger partial charge on any atom is 0.138 e. The second-order valence-electron chi connectivity index (χ2n) is 4.36. The second kappa shape index (κ2) is 5.41. The predicted octanol–water partition coefficient (Wildman–Crippen LogP) is 1.88. The molecule has 2 aromatic rings. The Morgan fingerprint density at radius 3 is 3.11 bits per heavy atom. The standard InChI is InChI=1S/C12H12FIN4O/c13-11-5-9(1-2-12(11)14)17-6-10(19-8-17)7-18-4-3-15-16-18/h1-5,10H,6-8H2/t10-/m1/s1. The first-order valence-corrected chi connectivity index (χ1v) is 6.96. The Bertz CT molecular complexity index is 563. The quantitative estimate of drug-likeness (QED) is 0.770. The number of ether oxygens (including phenoxy) is 1. The molecule has 1 fully saturated rings. The molecule has 0 radical (unpaired) electrons. The lowest BCUT2D eigenvalue weighted by atomic mass is 10.2. The lowest BCUT2D eigenvalue weighted by molar-refractivity contribution is 0.0991. The minimum Gasteiger partial charge on any atom is -0.354 e. The van der Waals surface area contributed by atoms with Crippen LogP contribution in [0.2, 0.25) is 0 Å². The topological polar surface area (TPSA) is 43.2 Å². The molecule has 0 bridgehead atoms. The van der Waals surface area contributed by atoms with Crippen LogP contribution in [0, 0.1) is 9.39 Å². The summed E-state index contributed by atoms with van der Waals surface area (Å²) < 4.78 is 21.6. The zero-order valence-electron chi connectivity index (χ0n) is 10.0. The summed E-state index contributed by atoms with van der Waals surface area (Å²) in [6, 6.07) is 5.23. The highest BCUT2D eigenvalue weighted by Gasteiger charge is 2.24. The summed E-state index contributed by atoms with van der Waals surface area (Å²) in [7, 11) is 0. The molecule has 1 aromatic heterocycles. The molecule has 0 amide bonds. The molecule has 0 unspecified atom stereocenters. The average molecular weight is 374 g/mol. The van der Waals surface area contributed by atoms with E-state index in [1.54, 1.807) is 29.2 Å². The summed E-state index contributed by atoms with van der Waals surface area (Å²) in [5.74, 6) is -0.196. The van der Waals surface area contributed by atoms with Crippen molar-refractivity contribution >= 4 is 28.3 Å². The molecule has 1 aromatic carbocycles. The van der Waals surface area contributed by atoms with E-state index < -0.39 is 0 Å². The summed E-state index contributed by atoms with van der Waals surface area (Å²) in [6.07, 6.45) is 3.49. The van der Waals surface area contributed by atoms with Gasteiger partial charge in [0, 0.05) is 22.0 Å². The van der Waals surface area contributed by atoms with Crippen LogP contribution < -0.4 is 4.90 Å². The molecule has 100 valence electrons. The molecule has 1 atom stereocenters. The molecule has 1 saturated heterocycles. The molecule has 7 heteroatoms. The van der Waals surface area contributed by atoms with Crippen molar-refractivity contribution in [2.45, 2.75) is 12.6 Å². The highest BCUT2D eigenvalue weighted by Crippen LogP contribution is 2.23. The molecule has 0 aliphatic carbocycles. The van der Waals surface area contributed by atoms with E-state index in [1.807, 2.05) is 33.6 Å². The summed E-state index contributed by atoms with van der Waals surface area (Å²) in [5, 5.41) is 7.67. The Morgan fingerprint density at radius 1 is 1.47 bits per heavy atom. The van der Waals surface area contributed by atoms with Crippen LogP contribution in [0.3, 0.4) is 0 Å². The number of halogens is 2. The fourth-order valence-electron chi connectivity index (χ4n) is 2.06. The molecule has 2 heterocycles. The Kier molecular flexibility index (Phi) is 3.65. The number of hydrogen-bond donors (Lipinski definition) is 0. The number of nitrogens with zero attached hydrogens (tertiary/aromatic N) is 4. The van der Waals surface area contributed by atoms with Crippen molar-refractivity contribution in [2.24, 2.45) is 0 Å². The monoisotopic (exact) mass is 374 g/mol. The fraction of sp³-hybridized carbons (Fsp3) is 0.333. The number of benzene rings is 1. The first-order valence-electron chi connectivity index (χ1n) is 5.88. The number of anilines is 1. The van der Waals surface area contributed by atoms with Gasteiger partial charge in [0.1, 0.15) is 12.5 Å². The van der Waals surface area contributed by atoms with Gasteiger partial charge in [-0.05, 0) is 40.8 Å². The molecule has 0 saturated carbocycles. The Morgan fingerprint density at radius 2 is 2.37 bits per heavy atom. The van der Waals surface area contributed by atoms with E-state index >= 15 is 0 Å². The van der Waals surface area contributed by atoms with E-state index in [0.29, 0.717) is 16.8 Å². The van der Waals surface area contributed by atoms with Crippen molar-refractivity contribution in [2.75, 3.05) is 18.2 Å². The van der Waals surface area contributed by atoms with Crippen LogP contribution in [0.4, 0.5) is 10.1 Å². The van der Waals surface area contributed by atoms with Crippen LogP contribution in [-0.4, -0.2) is 34.4 Å². The molecule has 5 nitrogen and oxygen atoms in total. The van der Waals surface area contributed by atoms with Gasteiger partial charge in [-0.3, -0.25) is 0 Å². The van der Waals surface area contributed by atoms with E-state index in [2.05, 4.69) is 10.3 Å². The molecular formula is C12H12FIN4O. The third-order valence-corrected chi connectivity index (χ3v) is 3.90. The van der Waals surface area contributed by atoms with E-state index in [1.165, 1.54) is 0 Å². The molecule has 19 heavy (non-hydrogen) atoms. The molecule has 0 spiro atoms. The lowest BCUT2D eigenvalue weighted by Crippen LogP contribution is -2.24. The number of rotatable bonds is 3. The van der Waals surface area contributed by atoms with Gasteiger partial charge in [0.15, 0.2) is 0 Å². The Labute approximate surface area is 123 Å². The molecule has 1 aliphatic rings. The van der Waals surface area contributed by atoms with Crippen LogP contribution in [0.25, 0.3) is 0 Å². The maximum atomic E-state index is 13.5. The maximum absolute atomic E-state index is 13.5. The van der Waals surface area contributed by atoms with Gasteiger partial charge in [-0.1, -0.05) is 5.21 Å². The van der Waals surface area contributed by atoms with Gasteiger partial charge in [-0.25, -0.2) is 9.07 Å².